The van der Waals surface area contributed by atoms with E-state index in [4.69, 9.17) is 0 Å². The molecule has 0 heterocycles. The van der Waals surface area contributed by atoms with Crippen molar-refractivity contribution in [2.75, 3.05) is 6.61 Å². The third-order valence-electron chi connectivity index (χ3n) is 7.92. The van der Waals surface area contributed by atoms with E-state index in [1.165, 1.54) is 6.92 Å². The highest BCUT2D eigenvalue weighted by atomic mass is 19.4. The first-order valence-electron chi connectivity index (χ1n) is 10.3. The van der Waals surface area contributed by atoms with Crippen LogP contribution in [0.15, 0.2) is 0 Å². The number of ether oxygens (including phenoxy) is 1. The minimum atomic E-state index is -8.12. The number of carbonyl (C=O) groups excluding carboxylic acids is 1. The van der Waals surface area contributed by atoms with Crippen LogP contribution in [0.1, 0.15) is 26.7 Å². The van der Waals surface area contributed by atoms with Crippen LogP contribution in [0, 0.1) is 35.0 Å². The van der Waals surface area contributed by atoms with Gasteiger partial charge in [-0.2, -0.15) is 65.9 Å². The maximum absolute atomic E-state index is 14.0. The van der Waals surface area contributed by atoms with E-state index >= 15 is 0 Å². The first-order valence-corrected chi connectivity index (χ1v) is 10.3. The Morgan fingerprint density at radius 2 is 1.19 bits per heavy atom. The number of hydrogen-bond donors (Lipinski definition) is 0. The fraction of sp³-hybridized carbons (Fsp3) is 0.947. The summed E-state index contributed by atoms with van der Waals surface area (Å²) in [5, 5.41) is 0. The number of halogens is 15. The molecule has 0 N–H and O–H groups in total. The smallest absolute Gasteiger partial charge is 0.395 e. The zero-order valence-electron chi connectivity index (χ0n) is 18.0. The second kappa shape index (κ2) is 7.50. The van der Waals surface area contributed by atoms with Gasteiger partial charge in [-0.1, -0.05) is 13.8 Å². The standard InChI is InChI=1S/C19H17F15O2/c1-6-8-3-9-10(6)15(9,7(8)2)11(35)36-5-13(22,23)17(29,30)19(33,34)18(31,32)16(27,28)12(20,21)4-14(24,25)26/h6-10H,3-5H2,1-2H3. The molecule has 6 unspecified atom stereocenters. The van der Waals surface area contributed by atoms with Crippen LogP contribution in [0.2, 0.25) is 0 Å². The zero-order chi connectivity index (χ0) is 28.3. The van der Waals surface area contributed by atoms with Gasteiger partial charge < -0.3 is 4.74 Å². The van der Waals surface area contributed by atoms with Crippen molar-refractivity contribution in [1.29, 1.82) is 0 Å². The van der Waals surface area contributed by atoms with E-state index < -0.39 is 72.0 Å². The maximum atomic E-state index is 14.0. The van der Waals surface area contributed by atoms with Gasteiger partial charge in [0.1, 0.15) is 6.42 Å². The Hall–Kier alpha value is -1.58. The van der Waals surface area contributed by atoms with Crippen molar-refractivity contribution in [1.82, 2.24) is 0 Å². The Morgan fingerprint density at radius 3 is 1.53 bits per heavy atom. The van der Waals surface area contributed by atoms with Gasteiger partial charge >= 0.3 is 47.7 Å². The van der Waals surface area contributed by atoms with Crippen molar-refractivity contribution < 1.29 is 75.4 Å². The number of rotatable bonds is 9. The lowest BCUT2D eigenvalue weighted by molar-refractivity contribution is -0.430. The van der Waals surface area contributed by atoms with Crippen molar-refractivity contribution >= 4 is 5.97 Å². The molecule has 0 amide bonds. The predicted octanol–water partition coefficient (Wildman–Crippen LogP) is 6.83. The average molecular weight is 562 g/mol. The average Bonchev–Trinajstić information content (AvgIpc) is 2.97. The largest absolute Gasteiger partial charge is 0.459 e. The van der Waals surface area contributed by atoms with Crippen LogP contribution >= 0.6 is 0 Å². The molecular weight excluding hydrogens is 545 g/mol. The van der Waals surface area contributed by atoms with Crippen molar-refractivity contribution in [2.24, 2.45) is 35.0 Å². The first kappa shape index (κ1) is 29.0. The molecule has 0 aliphatic heterocycles. The predicted molar refractivity (Wildman–Crippen MR) is 87.2 cm³/mol. The molecule has 4 rings (SSSR count). The molecule has 0 aromatic carbocycles. The molecule has 6 atom stereocenters. The van der Waals surface area contributed by atoms with Gasteiger partial charge in [0.2, 0.25) is 0 Å². The molecule has 4 fully saturated rings. The number of alkyl halides is 15. The summed E-state index contributed by atoms with van der Waals surface area (Å²) in [5.74, 6) is -48.2. The number of carbonyl (C=O) groups is 1. The molecule has 2 nitrogen and oxygen atoms in total. The van der Waals surface area contributed by atoms with Gasteiger partial charge in [-0.05, 0) is 36.0 Å². The van der Waals surface area contributed by atoms with E-state index in [0.29, 0.717) is 6.42 Å². The molecule has 0 aromatic rings. The van der Waals surface area contributed by atoms with Crippen molar-refractivity contribution in [3.8, 4) is 0 Å². The van der Waals surface area contributed by atoms with Crippen LogP contribution in [0.5, 0.6) is 0 Å². The molecule has 0 radical (unpaired) electrons. The van der Waals surface area contributed by atoms with Gasteiger partial charge in [0.15, 0.2) is 6.61 Å². The molecule has 4 saturated carbocycles. The lowest BCUT2D eigenvalue weighted by Crippen LogP contribution is -2.71. The SMILES string of the molecule is CC1C2CC3C1C3(C(=O)OCC(F)(F)C(F)(F)C(F)(F)C(F)(F)C(F)(F)C(F)(F)CC(F)(F)F)C2C. The topological polar surface area (TPSA) is 26.3 Å². The van der Waals surface area contributed by atoms with Crippen LogP contribution in [-0.4, -0.2) is 54.3 Å². The van der Waals surface area contributed by atoms with Gasteiger partial charge in [0, 0.05) is 0 Å². The van der Waals surface area contributed by atoms with Gasteiger partial charge in [0.25, 0.3) is 0 Å². The van der Waals surface area contributed by atoms with E-state index in [9.17, 15) is 70.7 Å². The normalized spacial score (nSPS) is 33.2. The maximum Gasteiger partial charge on any atom is 0.395 e. The van der Waals surface area contributed by atoms with E-state index in [1.807, 2.05) is 0 Å². The fourth-order valence-electron chi connectivity index (χ4n) is 6.15. The minimum Gasteiger partial charge on any atom is -0.459 e. The van der Waals surface area contributed by atoms with Crippen LogP contribution in [-0.2, 0) is 9.53 Å². The monoisotopic (exact) mass is 562 g/mol. The van der Waals surface area contributed by atoms with E-state index in [0.717, 1.165) is 0 Å². The molecule has 36 heavy (non-hydrogen) atoms. The zero-order valence-corrected chi connectivity index (χ0v) is 18.0. The lowest BCUT2D eigenvalue weighted by atomic mass is 9.89. The highest BCUT2D eigenvalue weighted by molar-refractivity contribution is 5.84. The Morgan fingerprint density at radius 1 is 0.750 bits per heavy atom. The summed E-state index contributed by atoms with van der Waals surface area (Å²) in [6.07, 6.45) is -10.1. The van der Waals surface area contributed by atoms with Crippen LogP contribution in [0.25, 0.3) is 0 Å². The Kier molecular flexibility index (Phi) is 6.04. The summed E-state index contributed by atoms with van der Waals surface area (Å²) in [5.41, 5.74) is -1.39. The van der Waals surface area contributed by atoms with E-state index in [-0.39, 0.29) is 23.7 Å². The van der Waals surface area contributed by atoms with Crippen molar-refractivity contribution in [2.45, 2.75) is 68.4 Å². The molecule has 0 spiro atoms. The summed E-state index contributed by atoms with van der Waals surface area (Å²) >= 11 is 0. The first-order chi connectivity index (χ1) is 15.8. The summed E-state index contributed by atoms with van der Waals surface area (Å²) in [7, 11) is 0. The van der Waals surface area contributed by atoms with E-state index in [1.54, 1.807) is 6.92 Å². The summed E-state index contributed by atoms with van der Waals surface area (Å²) in [6.45, 7) is 0.232. The lowest BCUT2D eigenvalue weighted by Gasteiger charge is -2.41. The van der Waals surface area contributed by atoms with Gasteiger partial charge in [-0.15, -0.1) is 0 Å². The second-order valence-corrected chi connectivity index (χ2v) is 9.69. The fourth-order valence-corrected chi connectivity index (χ4v) is 6.15. The Balaban J connectivity index is 1.82. The van der Waals surface area contributed by atoms with Crippen molar-refractivity contribution in [3.05, 3.63) is 0 Å². The van der Waals surface area contributed by atoms with Gasteiger partial charge in [0.05, 0.1) is 5.41 Å². The molecule has 210 valence electrons. The molecule has 0 saturated heterocycles. The summed E-state index contributed by atoms with van der Waals surface area (Å²) < 4.78 is 204. The minimum absolute atomic E-state index is 0.0573. The third-order valence-corrected chi connectivity index (χ3v) is 7.92. The third kappa shape index (κ3) is 3.37. The van der Waals surface area contributed by atoms with Crippen LogP contribution in [0.3, 0.4) is 0 Å². The quantitative estimate of drug-likeness (QED) is 0.228. The van der Waals surface area contributed by atoms with Crippen LogP contribution in [0.4, 0.5) is 65.9 Å². The van der Waals surface area contributed by atoms with Crippen molar-refractivity contribution in [3.63, 3.8) is 0 Å². The summed E-state index contributed by atoms with van der Waals surface area (Å²) in [6, 6.07) is 0. The molecular formula is C19H17F15O2. The Labute approximate surface area is 192 Å². The Bertz CT molecular complexity index is 907. The molecule has 17 heteroatoms. The molecule has 4 bridgehead atoms. The number of hydrogen-bond acceptors (Lipinski definition) is 2. The molecule has 0 aromatic heterocycles. The summed E-state index contributed by atoms with van der Waals surface area (Å²) in [4.78, 5) is 12.4. The second-order valence-electron chi connectivity index (χ2n) is 9.69. The highest BCUT2D eigenvalue weighted by Gasteiger charge is 2.91. The number of esters is 1. The molecule has 4 aliphatic carbocycles. The van der Waals surface area contributed by atoms with Crippen LogP contribution < -0.4 is 0 Å². The molecule has 4 aliphatic rings. The van der Waals surface area contributed by atoms with Gasteiger partial charge in [-0.25, -0.2) is 0 Å². The highest BCUT2D eigenvalue weighted by Crippen LogP contribution is 2.83. The van der Waals surface area contributed by atoms with Gasteiger partial charge in [-0.3, -0.25) is 4.79 Å². The van der Waals surface area contributed by atoms with E-state index in [2.05, 4.69) is 4.74 Å².